The second-order valence-corrected chi connectivity index (χ2v) is 7.75. The molecule has 4 rings (SSSR count). The van der Waals surface area contributed by atoms with E-state index in [9.17, 15) is 0 Å². The van der Waals surface area contributed by atoms with Crippen LogP contribution in [0.3, 0.4) is 0 Å². The average Bonchev–Trinajstić information content (AvgIpc) is 3.38. The molecule has 1 heterocycles. The second kappa shape index (κ2) is 8.95. The number of guanidine groups is 1. The maximum atomic E-state index is 4.82. The highest BCUT2D eigenvalue weighted by Crippen LogP contribution is 2.47. The van der Waals surface area contributed by atoms with Crippen molar-refractivity contribution >= 4 is 5.96 Å². The molecule has 1 fully saturated rings. The smallest absolute Gasteiger partial charge is 0.191 e. The molecule has 1 aromatic heterocycles. The Bertz CT molecular complexity index is 927. The van der Waals surface area contributed by atoms with Crippen LogP contribution in [0.25, 0.3) is 0 Å². The summed E-state index contributed by atoms with van der Waals surface area (Å²) in [4.78, 5) is 8.93. The molecule has 150 valence electrons. The monoisotopic (exact) mass is 387 g/mol. The molecule has 0 spiro atoms. The lowest BCUT2D eigenvalue weighted by molar-refractivity contribution is 0.646. The van der Waals surface area contributed by atoms with Crippen molar-refractivity contribution in [1.82, 2.24) is 20.2 Å². The van der Waals surface area contributed by atoms with Crippen LogP contribution in [0.5, 0.6) is 0 Å². The number of hydrogen-bond acceptors (Lipinski definition) is 2. The first-order chi connectivity index (χ1) is 14.3. The summed E-state index contributed by atoms with van der Waals surface area (Å²) in [6, 6.07) is 19.4. The first kappa shape index (κ1) is 19.2. The highest BCUT2D eigenvalue weighted by molar-refractivity contribution is 5.80. The lowest BCUT2D eigenvalue weighted by Crippen LogP contribution is -2.41. The zero-order valence-corrected chi connectivity index (χ0v) is 17.0. The van der Waals surface area contributed by atoms with E-state index in [1.54, 1.807) is 0 Å². The first-order valence-electron chi connectivity index (χ1n) is 10.4. The number of nitrogens with zero attached hydrogens (tertiary/aromatic N) is 3. The maximum absolute atomic E-state index is 4.82. The molecule has 0 unspecified atom stereocenters. The van der Waals surface area contributed by atoms with Crippen LogP contribution in [0.2, 0.25) is 0 Å². The second-order valence-electron chi connectivity index (χ2n) is 7.75. The van der Waals surface area contributed by atoms with Crippen molar-refractivity contribution in [2.45, 2.75) is 38.3 Å². The van der Waals surface area contributed by atoms with E-state index >= 15 is 0 Å². The minimum Gasteiger partial charge on any atom is -0.357 e. The fourth-order valence-electron chi connectivity index (χ4n) is 3.69. The highest BCUT2D eigenvalue weighted by atomic mass is 15.2. The van der Waals surface area contributed by atoms with Gasteiger partial charge in [-0.25, -0.2) is 9.98 Å². The van der Waals surface area contributed by atoms with Gasteiger partial charge in [0.15, 0.2) is 5.96 Å². The van der Waals surface area contributed by atoms with Crippen LogP contribution < -0.4 is 10.6 Å². The molecule has 5 nitrogen and oxygen atoms in total. The van der Waals surface area contributed by atoms with Crippen molar-refractivity contribution in [3.05, 3.63) is 90.0 Å². The minimum absolute atomic E-state index is 0.266. The average molecular weight is 388 g/mol. The van der Waals surface area contributed by atoms with Crippen molar-refractivity contribution in [1.29, 1.82) is 0 Å². The van der Waals surface area contributed by atoms with Crippen molar-refractivity contribution < 1.29 is 0 Å². The van der Waals surface area contributed by atoms with Gasteiger partial charge in [-0.05, 0) is 36.5 Å². The first-order valence-corrected chi connectivity index (χ1v) is 10.4. The Morgan fingerprint density at radius 1 is 1.07 bits per heavy atom. The van der Waals surface area contributed by atoms with E-state index in [2.05, 4.69) is 81.7 Å². The zero-order chi connectivity index (χ0) is 19.9. The van der Waals surface area contributed by atoms with E-state index in [0.717, 1.165) is 25.6 Å². The molecule has 3 aromatic rings. The van der Waals surface area contributed by atoms with Crippen LogP contribution in [0, 0.1) is 0 Å². The topological polar surface area (TPSA) is 54.2 Å². The van der Waals surface area contributed by atoms with Gasteiger partial charge in [0.25, 0.3) is 0 Å². The van der Waals surface area contributed by atoms with Crippen LogP contribution in [0.4, 0.5) is 0 Å². The van der Waals surface area contributed by atoms with E-state index in [4.69, 9.17) is 4.99 Å². The van der Waals surface area contributed by atoms with Gasteiger partial charge in [-0.15, -0.1) is 0 Å². The van der Waals surface area contributed by atoms with Gasteiger partial charge in [0.1, 0.15) is 0 Å². The summed E-state index contributed by atoms with van der Waals surface area (Å²) >= 11 is 0. The lowest BCUT2D eigenvalue weighted by atomic mass is 9.96. The molecule has 0 amide bonds. The number of aliphatic imine (C=N–C) groups is 1. The van der Waals surface area contributed by atoms with Crippen molar-refractivity contribution in [3.63, 3.8) is 0 Å². The summed E-state index contributed by atoms with van der Waals surface area (Å²) in [5, 5.41) is 6.95. The van der Waals surface area contributed by atoms with Crippen LogP contribution in [-0.2, 0) is 18.5 Å². The molecule has 0 saturated heterocycles. The number of rotatable bonds is 8. The summed E-state index contributed by atoms with van der Waals surface area (Å²) in [6.45, 7) is 5.36. The Balaban J connectivity index is 1.39. The Kier molecular flexibility index (Phi) is 5.94. The van der Waals surface area contributed by atoms with Gasteiger partial charge in [-0.3, -0.25) is 0 Å². The molecule has 2 aromatic carbocycles. The third-order valence-electron chi connectivity index (χ3n) is 5.51. The minimum atomic E-state index is 0.266. The summed E-state index contributed by atoms with van der Waals surface area (Å²) < 4.78 is 2.08. The summed E-state index contributed by atoms with van der Waals surface area (Å²) in [7, 11) is 0. The van der Waals surface area contributed by atoms with E-state index in [-0.39, 0.29) is 5.41 Å². The van der Waals surface area contributed by atoms with Gasteiger partial charge in [0, 0.05) is 37.4 Å². The fraction of sp³-hybridized carbons (Fsp3) is 0.333. The van der Waals surface area contributed by atoms with E-state index in [1.807, 2.05) is 18.7 Å². The van der Waals surface area contributed by atoms with Gasteiger partial charge in [-0.1, -0.05) is 54.6 Å². The van der Waals surface area contributed by atoms with Crippen LogP contribution in [0.15, 0.2) is 78.3 Å². The van der Waals surface area contributed by atoms with Crippen molar-refractivity contribution in [2.24, 2.45) is 4.99 Å². The van der Waals surface area contributed by atoms with Gasteiger partial charge < -0.3 is 15.2 Å². The summed E-state index contributed by atoms with van der Waals surface area (Å²) in [5.41, 5.74) is 4.16. The molecular weight excluding hydrogens is 358 g/mol. The van der Waals surface area contributed by atoms with Gasteiger partial charge in [0.2, 0.25) is 0 Å². The van der Waals surface area contributed by atoms with Crippen molar-refractivity contribution in [2.75, 3.05) is 13.1 Å². The molecule has 0 aliphatic heterocycles. The standard InChI is InChI=1S/C24H29N5/c1-2-26-23(28-18-24(11-12-24)22-9-4-3-5-10-22)27-16-20-7-6-8-21(15-20)17-29-14-13-25-19-29/h3-10,13-15,19H,2,11-12,16-18H2,1H3,(H2,26,27,28). The van der Waals surface area contributed by atoms with Gasteiger partial charge in [-0.2, -0.15) is 0 Å². The van der Waals surface area contributed by atoms with E-state index < -0.39 is 0 Å². The number of benzene rings is 2. The van der Waals surface area contributed by atoms with E-state index in [1.165, 1.54) is 29.5 Å². The number of hydrogen-bond donors (Lipinski definition) is 2. The van der Waals surface area contributed by atoms with E-state index in [0.29, 0.717) is 6.54 Å². The molecule has 0 radical (unpaired) electrons. The number of nitrogens with one attached hydrogen (secondary N) is 2. The summed E-state index contributed by atoms with van der Waals surface area (Å²) in [6.07, 6.45) is 8.11. The van der Waals surface area contributed by atoms with Gasteiger partial charge >= 0.3 is 0 Å². The molecule has 2 N–H and O–H groups in total. The lowest BCUT2D eigenvalue weighted by Gasteiger charge is -2.19. The quantitative estimate of drug-likeness (QED) is 0.458. The third-order valence-corrected chi connectivity index (χ3v) is 5.51. The molecule has 1 aliphatic rings. The zero-order valence-electron chi connectivity index (χ0n) is 17.0. The predicted octanol–water partition coefficient (Wildman–Crippen LogP) is 3.72. The molecule has 0 bridgehead atoms. The van der Waals surface area contributed by atoms with Crippen LogP contribution in [-0.4, -0.2) is 28.6 Å². The maximum Gasteiger partial charge on any atom is 0.191 e. The highest BCUT2D eigenvalue weighted by Gasteiger charge is 2.43. The van der Waals surface area contributed by atoms with Gasteiger partial charge in [0.05, 0.1) is 12.9 Å². The largest absolute Gasteiger partial charge is 0.357 e. The molecular formula is C24H29N5. The number of aromatic nitrogens is 2. The number of imidazole rings is 1. The molecule has 29 heavy (non-hydrogen) atoms. The van der Waals surface area contributed by atoms with Crippen LogP contribution in [0.1, 0.15) is 36.5 Å². The Morgan fingerprint density at radius 3 is 2.62 bits per heavy atom. The Hall–Kier alpha value is -3.08. The van der Waals surface area contributed by atoms with Crippen LogP contribution >= 0.6 is 0 Å². The fourth-order valence-corrected chi connectivity index (χ4v) is 3.69. The predicted molar refractivity (Wildman–Crippen MR) is 118 cm³/mol. The molecule has 1 aliphatic carbocycles. The Morgan fingerprint density at radius 2 is 1.90 bits per heavy atom. The normalized spacial score (nSPS) is 15.1. The molecule has 0 atom stereocenters. The SMILES string of the molecule is CCNC(=NCc1cccc(Cn2ccnc2)c1)NCC1(c2ccccc2)CC1. The molecule has 1 saturated carbocycles. The van der Waals surface area contributed by atoms with Crippen molar-refractivity contribution in [3.8, 4) is 0 Å². The third kappa shape index (κ3) is 5.05. The Labute approximate surface area is 172 Å². The molecule has 5 heteroatoms. The summed E-state index contributed by atoms with van der Waals surface area (Å²) in [5.74, 6) is 0.884.